The number of carbonyl (C=O) groups excluding carboxylic acids is 4. The molecule has 0 amide bonds. The number of carbonyl (C=O) groups is 4. The van der Waals surface area contributed by atoms with Crippen molar-refractivity contribution in [3.63, 3.8) is 0 Å². The lowest BCUT2D eigenvalue weighted by Crippen LogP contribution is -2.51. The number of ether oxygens (including phenoxy) is 4. The molecule has 0 aliphatic carbocycles. The summed E-state index contributed by atoms with van der Waals surface area (Å²) in [6.07, 6.45) is 5.96. The summed E-state index contributed by atoms with van der Waals surface area (Å²) < 4.78 is 24.7. The molecule has 3 unspecified atom stereocenters. The third kappa shape index (κ3) is 12.7. The summed E-state index contributed by atoms with van der Waals surface area (Å²) in [5.74, 6) is 1.06. The van der Waals surface area contributed by atoms with E-state index in [4.69, 9.17) is 18.9 Å². The topological polar surface area (TPSA) is 105 Å². The number of unbranched alkanes of at least 4 members (excludes halogenated alkanes) is 1. The summed E-state index contributed by atoms with van der Waals surface area (Å²) in [4.78, 5) is 53.9. The van der Waals surface area contributed by atoms with Crippen molar-refractivity contribution in [1.82, 2.24) is 0 Å². The van der Waals surface area contributed by atoms with Crippen LogP contribution in [0, 0.1) is 11.3 Å². The standard InChI is InChI=1S/C66H78O8/c1-14-18-43-66(13,59(68)48-20-19-21-49(44-48)61(70)72-55-36-28-51(29-37-55)64(11,16-3)52-30-38-56(39-31-52)73-62(7,8)42-15-2)63(9,10)74-57-40-32-53(33-41-57)65(12,17-4)50-26-34-54(35-27-50)71-60(69)47-24-22-46(23-25-47)58(67)45(5)6/h19-41,44-45H,14-18,42-43H2,1-13H3. The largest absolute Gasteiger partial charge is 0.488 e. The van der Waals surface area contributed by atoms with Gasteiger partial charge in [-0.3, -0.25) is 9.59 Å². The Morgan fingerprint density at radius 3 is 1.27 bits per heavy atom. The van der Waals surface area contributed by atoms with Crippen LogP contribution in [0.3, 0.4) is 0 Å². The maximum absolute atomic E-state index is 14.8. The highest BCUT2D eigenvalue weighted by molar-refractivity contribution is 6.03. The molecule has 0 N–H and O–H groups in total. The number of benzene rings is 6. The van der Waals surface area contributed by atoms with E-state index in [0.29, 0.717) is 40.4 Å². The Bertz CT molecular complexity index is 2860. The first-order valence-corrected chi connectivity index (χ1v) is 26.6. The van der Waals surface area contributed by atoms with Gasteiger partial charge in [-0.2, -0.15) is 0 Å². The molecular weight excluding hydrogens is 921 g/mol. The van der Waals surface area contributed by atoms with Gasteiger partial charge in [0.25, 0.3) is 0 Å². The zero-order valence-electron chi connectivity index (χ0n) is 46.1. The van der Waals surface area contributed by atoms with Gasteiger partial charge in [-0.25, -0.2) is 9.59 Å². The van der Waals surface area contributed by atoms with Gasteiger partial charge in [0.2, 0.25) is 0 Å². The van der Waals surface area contributed by atoms with Gasteiger partial charge in [0.15, 0.2) is 11.6 Å². The highest BCUT2D eigenvalue weighted by Gasteiger charge is 2.49. The highest BCUT2D eigenvalue weighted by Crippen LogP contribution is 2.44. The molecule has 8 heteroatoms. The molecule has 6 aromatic rings. The Balaban J connectivity index is 1.12. The first-order valence-electron chi connectivity index (χ1n) is 26.6. The van der Waals surface area contributed by atoms with Crippen LogP contribution in [0.25, 0.3) is 0 Å². The summed E-state index contributed by atoms with van der Waals surface area (Å²) >= 11 is 0. The van der Waals surface area contributed by atoms with E-state index in [-0.39, 0.29) is 39.5 Å². The molecule has 6 rings (SSSR count). The minimum absolute atomic E-state index is 0.0226. The molecule has 0 aromatic heterocycles. The molecule has 390 valence electrons. The van der Waals surface area contributed by atoms with Crippen LogP contribution in [0.4, 0.5) is 0 Å². The van der Waals surface area contributed by atoms with E-state index in [1.165, 1.54) is 5.56 Å². The van der Waals surface area contributed by atoms with Crippen molar-refractivity contribution in [2.24, 2.45) is 11.3 Å². The summed E-state index contributed by atoms with van der Waals surface area (Å²) in [6.45, 7) is 26.8. The van der Waals surface area contributed by atoms with Gasteiger partial charge in [0.1, 0.15) is 34.2 Å². The number of hydrogen-bond acceptors (Lipinski definition) is 8. The molecule has 0 radical (unpaired) electrons. The highest BCUT2D eigenvalue weighted by atomic mass is 16.5. The number of ketones is 2. The molecule has 0 aliphatic rings. The molecule has 0 heterocycles. The second kappa shape index (κ2) is 23.6. The smallest absolute Gasteiger partial charge is 0.343 e. The van der Waals surface area contributed by atoms with Crippen LogP contribution in [0.15, 0.2) is 146 Å². The maximum Gasteiger partial charge on any atom is 0.343 e. The van der Waals surface area contributed by atoms with Crippen LogP contribution in [0.2, 0.25) is 0 Å². The number of Topliss-reactive ketones (excluding diaryl/α,β-unsaturated/α-hetero) is 2. The van der Waals surface area contributed by atoms with Crippen molar-refractivity contribution in [3.8, 4) is 23.0 Å². The number of esters is 2. The molecule has 0 fully saturated rings. The van der Waals surface area contributed by atoms with E-state index in [1.54, 1.807) is 60.7 Å². The third-order valence-electron chi connectivity index (χ3n) is 15.6. The third-order valence-corrected chi connectivity index (χ3v) is 15.6. The van der Waals surface area contributed by atoms with E-state index >= 15 is 0 Å². The van der Waals surface area contributed by atoms with Crippen LogP contribution >= 0.6 is 0 Å². The van der Waals surface area contributed by atoms with E-state index in [1.807, 2.05) is 95.3 Å². The lowest BCUT2D eigenvalue weighted by atomic mass is 9.67. The fourth-order valence-electron chi connectivity index (χ4n) is 9.85. The Hall–Kier alpha value is -6.80. The van der Waals surface area contributed by atoms with Crippen molar-refractivity contribution in [1.29, 1.82) is 0 Å². The van der Waals surface area contributed by atoms with Gasteiger partial charge in [-0.05, 0) is 155 Å². The summed E-state index contributed by atoms with van der Waals surface area (Å²) in [5.41, 5.74) is 3.22. The lowest BCUT2D eigenvalue weighted by molar-refractivity contribution is -0.0146. The average Bonchev–Trinajstić information content (AvgIpc) is 3.39. The van der Waals surface area contributed by atoms with Crippen LogP contribution in [0.5, 0.6) is 23.0 Å². The van der Waals surface area contributed by atoms with Gasteiger partial charge in [-0.1, -0.05) is 147 Å². The first kappa shape index (κ1) is 56.5. The molecule has 0 saturated heterocycles. The van der Waals surface area contributed by atoms with Crippen LogP contribution in [0.1, 0.15) is 199 Å². The fraction of sp³-hybridized carbons (Fsp3) is 0.394. The van der Waals surface area contributed by atoms with Gasteiger partial charge < -0.3 is 18.9 Å². The molecule has 0 aliphatic heterocycles. The van der Waals surface area contributed by atoms with E-state index in [9.17, 15) is 19.2 Å². The molecule has 6 aromatic carbocycles. The van der Waals surface area contributed by atoms with Gasteiger partial charge in [0, 0.05) is 27.9 Å². The predicted octanol–water partition coefficient (Wildman–Crippen LogP) is 16.6. The lowest BCUT2D eigenvalue weighted by Gasteiger charge is -2.43. The minimum atomic E-state index is -0.968. The second-order valence-electron chi connectivity index (χ2n) is 21.9. The molecule has 74 heavy (non-hydrogen) atoms. The van der Waals surface area contributed by atoms with Crippen LogP contribution in [-0.2, 0) is 10.8 Å². The number of hydrogen-bond donors (Lipinski definition) is 0. The Kier molecular flexibility index (Phi) is 18.0. The van der Waals surface area contributed by atoms with Crippen LogP contribution < -0.4 is 18.9 Å². The Labute approximate surface area is 441 Å². The first-order chi connectivity index (χ1) is 35.0. The molecule has 3 atom stereocenters. The molecule has 8 nitrogen and oxygen atoms in total. The van der Waals surface area contributed by atoms with Crippen molar-refractivity contribution in [3.05, 3.63) is 190 Å². The van der Waals surface area contributed by atoms with Crippen molar-refractivity contribution in [2.45, 2.75) is 157 Å². The fourth-order valence-corrected chi connectivity index (χ4v) is 9.85. The average molecular weight is 999 g/mol. The second-order valence-corrected chi connectivity index (χ2v) is 21.9. The zero-order valence-corrected chi connectivity index (χ0v) is 46.1. The molecular formula is C66H78O8. The maximum atomic E-state index is 14.8. The molecule has 0 saturated carbocycles. The normalized spacial score (nSPS) is 14.2. The van der Waals surface area contributed by atoms with Crippen molar-refractivity contribution >= 4 is 23.5 Å². The molecule has 0 spiro atoms. The van der Waals surface area contributed by atoms with Crippen LogP contribution in [-0.4, -0.2) is 34.7 Å². The quantitative estimate of drug-likeness (QED) is 0.0335. The van der Waals surface area contributed by atoms with E-state index < -0.39 is 23.0 Å². The van der Waals surface area contributed by atoms with Gasteiger partial charge >= 0.3 is 11.9 Å². The predicted molar refractivity (Wildman–Crippen MR) is 298 cm³/mol. The summed E-state index contributed by atoms with van der Waals surface area (Å²) in [5, 5.41) is 0. The zero-order chi connectivity index (χ0) is 54.1. The molecule has 0 bridgehead atoms. The van der Waals surface area contributed by atoms with Crippen molar-refractivity contribution < 1.29 is 38.1 Å². The van der Waals surface area contributed by atoms with E-state index in [0.717, 1.165) is 61.0 Å². The summed E-state index contributed by atoms with van der Waals surface area (Å²) in [7, 11) is 0. The SMILES string of the molecule is CCCCC(C)(C(=O)c1cccc(C(=O)Oc2ccc(C(C)(CC)c3ccc(OC(C)(C)CCC)cc3)cc2)c1)C(C)(C)Oc1ccc(C(C)(CC)c2ccc(OC(=O)c3ccc(C(=O)C(C)C)cc3)cc2)cc1. The Morgan fingerprint density at radius 2 is 0.851 bits per heavy atom. The summed E-state index contributed by atoms with van der Waals surface area (Å²) in [6, 6.07) is 45.1. The van der Waals surface area contributed by atoms with Crippen molar-refractivity contribution in [2.75, 3.05) is 0 Å². The Morgan fingerprint density at radius 1 is 0.446 bits per heavy atom. The van der Waals surface area contributed by atoms with Gasteiger partial charge in [-0.15, -0.1) is 0 Å². The van der Waals surface area contributed by atoms with E-state index in [2.05, 4.69) is 79.7 Å². The number of rotatable bonds is 24. The van der Waals surface area contributed by atoms with Gasteiger partial charge in [0.05, 0.1) is 16.5 Å². The minimum Gasteiger partial charge on any atom is -0.488 e. The monoisotopic (exact) mass is 999 g/mol.